The van der Waals surface area contributed by atoms with Gasteiger partial charge in [-0.25, -0.2) is 8.42 Å². The number of nitrogens with one attached hydrogen (secondary N) is 1. The predicted octanol–water partition coefficient (Wildman–Crippen LogP) is -0.621. The molecule has 2 atom stereocenters. The molecular weight excluding hydrogens is 248 g/mol. The van der Waals surface area contributed by atoms with Gasteiger partial charge in [-0.15, -0.1) is 0 Å². The van der Waals surface area contributed by atoms with Crippen molar-refractivity contribution in [3.05, 3.63) is 0 Å². The molecule has 0 unspecified atom stereocenters. The third kappa shape index (κ3) is 2.31. The van der Waals surface area contributed by atoms with E-state index < -0.39 is 9.84 Å². The summed E-state index contributed by atoms with van der Waals surface area (Å²) in [6.45, 7) is 1.43. The van der Waals surface area contributed by atoms with Gasteiger partial charge in [0.2, 0.25) is 0 Å². The third-order valence-electron chi connectivity index (χ3n) is 3.04. The van der Waals surface area contributed by atoms with Crippen LogP contribution in [0.5, 0.6) is 0 Å². The summed E-state index contributed by atoms with van der Waals surface area (Å²) in [6, 6.07) is 0.00870. The number of rotatable bonds is 4. The highest BCUT2D eigenvalue weighted by Crippen LogP contribution is 2.24. The molecule has 0 aromatic rings. The molecule has 2 heterocycles. The van der Waals surface area contributed by atoms with E-state index in [1.807, 2.05) is 4.90 Å². The molecule has 0 aromatic carbocycles. The molecule has 2 rings (SSSR count). The van der Waals surface area contributed by atoms with E-state index in [4.69, 9.17) is 17.0 Å². The van der Waals surface area contributed by atoms with E-state index in [2.05, 4.69) is 5.32 Å². The summed E-state index contributed by atoms with van der Waals surface area (Å²) in [5, 5.41) is 3.77. The molecule has 0 aromatic heterocycles. The van der Waals surface area contributed by atoms with E-state index in [9.17, 15) is 8.42 Å². The van der Waals surface area contributed by atoms with Crippen LogP contribution in [0.3, 0.4) is 0 Å². The van der Waals surface area contributed by atoms with Crippen LogP contribution < -0.4 is 5.32 Å². The molecule has 0 spiro atoms. The first kappa shape index (κ1) is 12.1. The maximum Gasteiger partial charge on any atom is 0.169 e. The molecular formula is C9H16N2O3S2. The van der Waals surface area contributed by atoms with E-state index in [1.165, 1.54) is 0 Å². The monoisotopic (exact) mass is 264 g/mol. The van der Waals surface area contributed by atoms with Crippen LogP contribution in [0.2, 0.25) is 0 Å². The van der Waals surface area contributed by atoms with Gasteiger partial charge in [-0.2, -0.15) is 0 Å². The van der Waals surface area contributed by atoms with Crippen LogP contribution in [0.15, 0.2) is 0 Å². The van der Waals surface area contributed by atoms with Gasteiger partial charge in [-0.05, 0) is 18.6 Å². The minimum atomic E-state index is -2.89. The van der Waals surface area contributed by atoms with E-state index in [0.717, 1.165) is 13.0 Å². The molecule has 2 aliphatic rings. The SMILES string of the molecule is COCCCN1C(=S)N[C@H]2CS(=O)(=O)C[C@@H]21. The lowest BCUT2D eigenvalue weighted by Gasteiger charge is -2.22. The Morgan fingerprint density at radius 2 is 2.31 bits per heavy atom. The van der Waals surface area contributed by atoms with Crippen molar-refractivity contribution in [2.24, 2.45) is 0 Å². The number of hydrogen-bond acceptors (Lipinski definition) is 4. The Balaban J connectivity index is 1.99. The average molecular weight is 264 g/mol. The van der Waals surface area contributed by atoms with Crippen LogP contribution in [-0.2, 0) is 14.6 Å². The van der Waals surface area contributed by atoms with Crippen molar-refractivity contribution in [1.29, 1.82) is 0 Å². The van der Waals surface area contributed by atoms with Gasteiger partial charge in [0.15, 0.2) is 14.9 Å². The maximum absolute atomic E-state index is 11.5. The molecule has 0 aliphatic carbocycles. The van der Waals surface area contributed by atoms with Gasteiger partial charge in [0, 0.05) is 20.3 Å². The van der Waals surface area contributed by atoms with Gasteiger partial charge >= 0.3 is 0 Å². The Kier molecular flexibility index (Phi) is 3.37. The van der Waals surface area contributed by atoms with Gasteiger partial charge in [-0.1, -0.05) is 0 Å². The zero-order valence-corrected chi connectivity index (χ0v) is 10.8. The highest BCUT2D eigenvalue weighted by atomic mass is 32.2. The third-order valence-corrected chi connectivity index (χ3v) is 5.11. The van der Waals surface area contributed by atoms with Crippen molar-refractivity contribution < 1.29 is 13.2 Å². The zero-order valence-electron chi connectivity index (χ0n) is 9.18. The zero-order chi connectivity index (χ0) is 11.8. The van der Waals surface area contributed by atoms with Crippen molar-refractivity contribution in [1.82, 2.24) is 10.2 Å². The Labute approximate surface area is 101 Å². The standard InChI is InChI=1S/C9H16N2O3S2/c1-14-4-2-3-11-8-6-16(12,13)5-7(8)10-9(11)15/h7-8H,2-6H2,1H3,(H,10,15)/t7-,8-/m0/s1. The predicted molar refractivity (Wildman–Crippen MR) is 65.2 cm³/mol. The van der Waals surface area contributed by atoms with Gasteiger partial charge in [0.25, 0.3) is 0 Å². The second-order valence-electron chi connectivity index (χ2n) is 4.24. The Morgan fingerprint density at radius 3 is 3.00 bits per heavy atom. The topological polar surface area (TPSA) is 58.6 Å². The second-order valence-corrected chi connectivity index (χ2v) is 6.78. The fourth-order valence-corrected chi connectivity index (χ4v) is 4.61. The molecule has 1 N–H and O–H groups in total. The van der Waals surface area contributed by atoms with Crippen LogP contribution in [0, 0.1) is 0 Å². The number of ether oxygens (including phenoxy) is 1. The molecule has 7 heteroatoms. The Morgan fingerprint density at radius 1 is 1.56 bits per heavy atom. The van der Waals surface area contributed by atoms with Crippen LogP contribution in [0.1, 0.15) is 6.42 Å². The maximum atomic E-state index is 11.5. The minimum absolute atomic E-state index is 0.0138. The van der Waals surface area contributed by atoms with E-state index in [0.29, 0.717) is 11.7 Å². The Hall–Kier alpha value is -0.400. The highest BCUT2D eigenvalue weighted by Gasteiger charge is 2.46. The van der Waals surface area contributed by atoms with Crippen molar-refractivity contribution in [3.63, 3.8) is 0 Å². The quantitative estimate of drug-likeness (QED) is 0.539. The first-order valence-electron chi connectivity index (χ1n) is 5.30. The van der Waals surface area contributed by atoms with Gasteiger partial charge < -0.3 is 15.0 Å². The van der Waals surface area contributed by atoms with E-state index in [1.54, 1.807) is 7.11 Å². The molecule has 92 valence electrons. The highest BCUT2D eigenvalue weighted by molar-refractivity contribution is 7.91. The molecule has 0 bridgehead atoms. The molecule has 0 radical (unpaired) electrons. The minimum Gasteiger partial charge on any atom is -0.385 e. The summed E-state index contributed by atoms with van der Waals surface area (Å²) < 4.78 is 28.0. The molecule has 0 saturated carbocycles. The number of nitrogens with zero attached hydrogens (tertiary/aromatic N) is 1. The van der Waals surface area contributed by atoms with Gasteiger partial charge in [0.1, 0.15) is 0 Å². The lowest BCUT2D eigenvalue weighted by molar-refractivity contribution is 0.183. The van der Waals surface area contributed by atoms with Crippen LogP contribution in [-0.4, -0.2) is 62.3 Å². The second kappa shape index (κ2) is 4.46. The lowest BCUT2D eigenvalue weighted by atomic mass is 10.2. The van der Waals surface area contributed by atoms with Crippen LogP contribution in [0.25, 0.3) is 0 Å². The molecule has 2 saturated heterocycles. The summed E-state index contributed by atoms with van der Waals surface area (Å²) >= 11 is 5.20. The number of sulfone groups is 1. The average Bonchev–Trinajstić information content (AvgIpc) is 2.60. The summed E-state index contributed by atoms with van der Waals surface area (Å²) in [5.74, 6) is 0.427. The molecule has 16 heavy (non-hydrogen) atoms. The fraction of sp³-hybridized carbons (Fsp3) is 0.889. The molecule has 0 amide bonds. The number of thiocarbonyl (C=S) groups is 1. The lowest BCUT2D eigenvalue weighted by Crippen LogP contribution is -2.37. The smallest absolute Gasteiger partial charge is 0.169 e. The number of fused-ring (bicyclic) bond motifs is 1. The summed E-state index contributed by atoms with van der Waals surface area (Å²) in [5.41, 5.74) is 0. The van der Waals surface area contributed by atoms with Crippen LogP contribution in [0.4, 0.5) is 0 Å². The molecule has 5 nitrogen and oxygen atoms in total. The number of methoxy groups -OCH3 is 1. The van der Waals surface area contributed by atoms with Crippen molar-refractivity contribution in [2.45, 2.75) is 18.5 Å². The molecule has 2 aliphatic heterocycles. The summed E-state index contributed by atoms with van der Waals surface area (Å²) in [4.78, 5) is 1.99. The van der Waals surface area contributed by atoms with Crippen molar-refractivity contribution in [3.8, 4) is 0 Å². The summed E-state index contributed by atoms with van der Waals surface area (Å²) in [7, 11) is -1.23. The Bertz CT molecular complexity index is 382. The first-order valence-corrected chi connectivity index (χ1v) is 7.53. The first-order chi connectivity index (χ1) is 7.53. The molecule has 2 fully saturated rings. The normalized spacial score (nSPS) is 31.6. The number of hydrogen-bond donors (Lipinski definition) is 1. The van der Waals surface area contributed by atoms with Crippen molar-refractivity contribution >= 4 is 27.2 Å². The van der Waals surface area contributed by atoms with Gasteiger partial charge in [-0.3, -0.25) is 0 Å². The van der Waals surface area contributed by atoms with Gasteiger partial charge in [0.05, 0.1) is 23.6 Å². The fourth-order valence-electron chi connectivity index (χ4n) is 2.31. The van der Waals surface area contributed by atoms with E-state index in [-0.39, 0.29) is 23.6 Å². The van der Waals surface area contributed by atoms with Crippen LogP contribution >= 0.6 is 12.2 Å². The van der Waals surface area contributed by atoms with Crippen molar-refractivity contribution in [2.75, 3.05) is 31.8 Å². The summed E-state index contributed by atoms with van der Waals surface area (Å²) in [6.07, 6.45) is 0.863. The largest absolute Gasteiger partial charge is 0.385 e. The van der Waals surface area contributed by atoms with E-state index >= 15 is 0 Å².